The summed E-state index contributed by atoms with van der Waals surface area (Å²) in [5.74, 6) is 0.426. The molecule has 128 valence electrons. The monoisotopic (exact) mass is 331 g/mol. The van der Waals surface area contributed by atoms with Crippen LogP contribution in [0.1, 0.15) is 16.1 Å². The van der Waals surface area contributed by atoms with E-state index in [0.717, 1.165) is 5.76 Å². The molecule has 2 aromatic rings. The lowest BCUT2D eigenvalue weighted by atomic mass is 10.2. The molecule has 1 heterocycles. The van der Waals surface area contributed by atoms with Crippen LogP contribution in [0.15, 0.2) is 47.1 Å². The van der Waals surface area contributed by atoms with Crippen LogP contribution in [0.25, 0.3) is 0 Å². The zero-order valence-electron chi connectivity index (χ0n) is 13.5. The predicted octanol–water partition coefficient (Wildman–Crippen LogP) is 1.38. The van der Waals surface area contributed by atoms with Crippen LogP contribution in [0.5, 0.6) is 0 Å². The maximum atomic E-state index is 11.8. The van der Waals surface area contributed by atoms with Gasteiger partial charge >= 0.3 is 0 Å². The van der Waals surface area contributed by atoms with E-state index in [1.54, 1.807) is 43.7 Å². The van der Waals surface area contributed by atoms with Crippen molar-refractivity contribution in [3.63, 3.8) is 0 Å². The van der Waals surface area contributed by atoms with Gasteiger partial charge in [0.1, 0.15) is 5.76 Å². The summed E-state index contributed by atoms with van der Waals surface area (Å²) in [6.45, 7) is 1.57. The number of hydrogen-bond acceptors (Lipinski definition) is 5. The lowest BCUT2D eigenvalue weighted by Gasteiger charge is -2.08. The van der Waals surface area contributed by atoms with Crippen molar-refractivity contribution in [3.05, 3.63) is 54.0 Å². The molecule has 0 aliphatic heterocycles. The van der Waals surface area contributed by atoms with E-state index in [0.29, 0.717) is 30.9 Å². The Kier molecular flexibility index (Phi) is 7.00. The lowest BCUT2D eigenvalue weighted by Crippen LogP contribution is -2.28. The molecule has 0 fully saturated rings. The number of nitrogens with one attached hydrogen (secondary N) is 3. The van der Waals surface area contributed by atoms with E-state index >= 15 is 0 Å². The molecule has 0 aliphatic rings. The molecule has 7 nitrogen and oxygen atoms in total. The minimum absolute atomic E-state index is 0.167. The summed E-state index contributed by atoms with van der Waals surface area (Å²) >= 11 is 0. The summed E-state index contributed by atoms with van der Waals surface area (Å²) in [5, 5.41) is 8.47. The van der Waals surface area contributed by atoms with Gasteiger partial charge in [0.05, 0.1) is 26.0 Å². The van der Waals surface area contributed by atoms with Gasteiger partial charge in [-0.1, -0.05) is 0 Å². The quantitative estimate of drug-likeness (QED) is 0.604. The molecular weight excluding hydrogens is 310 g/mol. The minimum atomic E-state index is -0.176. The van der Waals surface area contributed by atoms with E-state index < -0.39 is 0 Å². The summed E-state index contributed by atoms with van der Waals surface area (Å²) < 4.78 is 10.0. The predicted molar refractivity (Wildman–Crippen MR) is 89.7 cm³/mol. The number of methoxy groups -OCH3 is 1. The van der Waals surface area contributed by atoms with Crippen molar-refractivity contribution in [2.45, 2.75) is 6.54 Å². The number of hydrogen-bond donors (Lipinski definition) is 3. The van der Waals surface area contributed by atoms with Crippen LogP contribution < -0.4 is 16.0 Å². The van der Waals surface area contributed by atoms with Crippen molar-refractivity contribution in [1.29, 1.82) is 0 Å². The average molecular weight is 331 g/mol. The van der Waals surface area contributed by atoms with Crippen LogP contribution in [0, 0.1) is 0 Å². The first-order valence-electron chi connectivity index (χ1n) is 7.59. The number of carbonyl (C=O) groups is 2. The van der Waals surface area contributed by atoms with E-state index in [1.807, 2.05) is 6.07 Å². The Morgan fingerprint density at radius 2 is 1.96 bits per heavy atom. The first-order chi connectivity index (χ1) is 11.7. The molecule has 2 amide bonds. The van der Waals surface area contributed by atoms with Crippen LogP contribution in [0.3, 0.4) is 0 Å². The third-order valence-corrected chi connectivity index (χ3v) is 3.19. The lowest BCUT2D eigenvalue weighted by molar-refractivity contribution is -0.115. The largest absolute Gasteiger partial charge is 0.468 e. The Bertz CT molecular complexity index is 638. The zero-order valence-corrected chi connectivity index (χ0v) is 13.5. The highest BCUT2D eigenvalue weighted by Crippen LogP contribution is 2.09. The van der Waals surface area contributed by atoms with E-state index in [4.69, 9.17) is 9.15 Å². The summed E-state index contributed by atoms with van der Waals surface area (Å²) in [7, 11) is 1.58. The van der Waals surface area contributed by atoms with Gasteiger partial charge in [-0.25, -0.2) is 0 Å². The molecule has 7 heteroatoms. The number of amides is 2. The van der Waals surface area contributed by atoms with Gasteiger partial charge in [0.2, 0.25) is 5.91 Å². The second-order valence-electron chi connectivity index (χ2n) is 5.06. The van der Waals surface area contributed by atoms with Crippen LogP contribution in [0.2, 0.25) is 0 Å². The van der Waals surface area contributed by atoms with Gasteiger partial charge in [-0.05, 0) is 36.4 Å². The molecule has 0 saturated heterocycles. The van der Waals surface area contributed by atoms with Crippen molar-refractivity contribution in [2.75, 3.05) is 32.1 Å². The van der Waals surface area contributed by atoms with Gasteiger partial charge in [-0.2, -0.15) is 0 Å². The Hall–Kier alpha value is -2.64. The molecule has 2 rings (SSSR count). The van der Waals surface area contributed by atoms with Gasteiger partial charge in [-0.3, -0.25) is 9.59 Å². The molecular formula is C17H21N3O4. The second-order valence-corrected chi connectivity index (χ2v) is 5.06. The Morgan fingerprint density at radius 1 is 1.17 bits per heavy atom. The molecule has 0 saturated carbocycles. The van der Waals surface area contributed by atoms with Gasteiger partial charge in [0.25, 0.3) is 5.91 Å². The average Bonchev–Trinajstić information content (AvgIpc) is 3.09. The molecule has 1 aromatic heterocycles. The molecule has 24 heavy (non-hydrogen) atoms. The third kappa shape index (κ3) is 5.86. The summed E-state index contributed by atoms with van der Waals surface area (Å²) in [6.07, 6.45) is 1.59. The van der Waals surface area contributed by atoms with Gasteiger partial charge in [-0.15, -0.1) is 0 Å². The summed E-state index contributed by atoms with van der Waals surface area (Å²) in [5.41, 5.74) is 1.16. The maximum Gasteiger partial charge on any atom is 0.251 e. The van der Waals surface area contributed by atoms with Crippen LogP contribution in [-0.4, -0.2) is 38.6 Å². The fourth-order valence-electron chi connectivity index (χ4n) is 1.99. The van der Waals surface area contributed by atoms with E-state index in [-0.39, 0.29) is 18.4 Å². The minimum Gasteiger partial charge on any atom is -0.468 e. The summed E-state index contributed by atoms with van der Waals surface area (Å²) in [6, 6.07) is 10.3. The van der Waals surface area contributed by atoms with Gasteiger partial charge in [0, 0.05) is 24.9 Å². The van der Waals surface area contributed by atoms with Crippen LogP contribution in [-0.2, 0) is 16.1 Å². The van der Waals surface area contributed by atoms with Crippen molar-refractivity contribution < 1.29 is 18.7 Å². The number of rotatable bonds is 9. The molecule has 0 unspecified atom stereocenters. The molecule has 0 atom stereocenters. The molecule has 0 spiro atoms. The van der Waals surface area contributed by atoms with Crippen LogP contribution in [0.4, 0.5) is 5.69 Å². The van der Waals surface area contributed by atoms with Crippen molar-refractivity contribution in [3.8, 4) is 0 Å². The molecule has 0 aliphatic carbocycles. The number of benzene rings is 1. The first-order valence-corrected chi connectivity index (χ1v) is 7.59. The standard InChI is InChI=1S/C17H21N3O4/c1-23-10-8-19-17(22)13-4-6-14(7-5-13)20-16(21)12-18-11-15-3-2-9-24-15/h2-7,9,18H,8,10-12H2,1H3,(H,19,22)(H,20,21). The van der Waals surface area contributed by atoms with Crippen molar-refractivity contribution in [1.82, 2.24) is 10.6 Å². The number of ether oxygens (including phenoxy) is 1. The third-order valence-electron chi connectivity index (χ3n) is 3.19. The number of carbonyl (C=O) groups excluding carboxylic acids is 2. The second kappa shape index (κ2) is 9.49. The number of furan rings is 1. The SMILES string of the molecule is COCCNC(=O)c1ccc(NC(=O)CNCc2ccco2)cc1. The van der Waals surface area contributed by atoms with Crippen LogP contribution >= 0.6 is 0 Å². The molecule has 3 N–H and O–H groups in total. The maximum absolute atomic E-state index is 11.8. The van der Waals surface area contributed by atoms with E-state index in [2.05, 4.69) is 16.0 Å². The fraction of sp³-hybridized carbons (Fsp3) is 0.294. The van der Waals surface area contributed by atoms with E-state index in [9.17, 15) is 9.59 Å². The molecule has 0 bridgehead atoms. The fourth-order valence-corrected chi connectivity index (χ4v) is 1.99. The zero-order chi connectivity index (χ0) is 17.2. The first kappa shape index (κ1) is 17.7. The topological polar surface area (TPSA) is 92.6 Å². The van der Waals surface area contributed by atoms with Crippen molar-refractivity contribution >= 4 is 17.5 Å². The Labute approximate surface area is 140 Å². The highest BCUT2D eigenvalue weighted by Gasteiger charge is 2.06. The molecule has 0 radical (unpaired) electrons. The smallest absolute Gasteiger partial charge is 0.251 e. The molecule has 1 aromatic carbocycles. The van der Waals surface area contributed by atoms with Crippen molar-refractivity contribution in [2.24, 2.45) is 0 Å². The highest BCUT2D eigenvalue weighted by molar-refractivity contribution is 5.96. The normalized spacial score (nSPS) is 10.4. The number of anilines is 1. The van der Waals surface area contributed by atoms with Gasteiger partial charge < -0.3 is 25.1 Å². The Morgan fingerprint density at radius 3 is 2.62 bits per heavy atom. The summed E-state index contributed by atoms with van der Waals surface area (Å²) in [4.78, 5) is 23.7. The highest BCUT2D eigenvalue weighted by atomic mass is 16.5. The van der Waals surface area contributed by atoms with E-state index in [1.165, 1.54) is 0 Å². The Balaban J connectivity index is 1.74. The van der Waals surface area contributed by atoms with Gasteiger partial charge in [0.15, 0.2) is 0 Å².